The van der Waals surface area contributed by atoms with Gasteiger partial charge < -0.3 is 25.1 Å². The van der Waals surface area contributed by atoms with Crippen molar-refractivity contribution in [3.63, 3.8) is 0 Å². The molecule has 236 valence electrons. The van der Waals surface area contributed by atoms with E-state index in [4.69, 9.17) is 21.1 Å². The van der Waals surface area contributed by atoms with Crippen LogP contribution in [0.5, 0.6) is 0 Å². The molecule has 15 nitrogen and oxygen atoms in total. The van der Waals surface area contributed by atoms with E-state index in [1.165, 1.54) is 31.3 Å². The minimum atomic E-state index is -0.729. The van der Waals surface area contributed by atoms with E-state index in [0.717, 1.165) is 0 Å². The van der Waals surface area contributed by atoms with Crippen molar-refractivity contribution < 1.29 is 23.9 Å². The number of nitrogens with one attached hydrogen (secondary N) is 4. The standard InChI is InChI=1S/C30H29ClN10O5/c1-45-29(43)22-6-4-3-5-21(36-26(42)12-7-17-13-18(31)8-11-25(17)41-16-33-39-40-41)28-37-24(15-32)27(38-28)20-10-9-19(14-23(20)35-22)34-30(44)46-2/h7-14,16,21-22,35H,3-6H2,1-2H3,(H,34,44)(H,36,42)(H,37,38)/t21-,22?/m0/s1. The van der Waals surface area contributed by atoms with Crippen molar-refractivity contribution in [2.75, 3.05) is 24.9 Å². The van der Waals surface area contributed by atoms with E-state index in [1.54, 1.807) is 42.5 Å². The number of tetrazole rings is 1. The molecule has 2 bridgehead atoms. The Morgan fingerprint density at radius 1 is 1.13 bits per heavy atom. The third-order valence-electron chi connectivity index (χ3n) is 7.25. The van der Waals surface area contributed by atoms with Gasteiger partial charge in [-0.3, -0.25) is 10.1 Å². The quantitative estimate of drug-likeness (QED) is 0.173. The molecule has 1 unspecified atom stereocenters. The first-order valence-corrected chi connectivity index (χ1v) is 14.5. The van der Waals surface area contributed by atoms with Crippen LogP contribution in [0.3, 0.4) is 0 Å². The van der Waals surface area contributed by atoms with Crippen LogP contribution in [0.2, 0.25) is 5.02 Å². The van der Waals surface area contributed by atoms with Crippen LogP contribution < -0.4 is 16.0 Å². The molecule has 1 aliphatic heterocycles. The lowest BCUT2D eigenvalue weighted by atomic mass is 10.0. The van der Waals surface area contributed by atoms with Crippen molar-refractivity contribution >= 4 is 47.0 Å². The van der Waals surface area contributed by atoms with Crippen LogP contribution in [0.4, 0.5) is 16.2 Å². The molecule has 0 spiro atoms. The smallest absolute Gasteiger partial charge is 0.411 e. The second-order valence-electron chi connectivity index (χ2n) is 10.2. The third-order valence-corrected chi connectivity index (χ3v) is 7.48. The van der Waals surface area contributed by atoms with Gasteiger partial charge >= 0.3 is 12.1 Å². The van der Waals surface area contributed by atoms with Crippen molar-refractivity contribution in [3.05, 3.63) is 70.9 Å². The van der Waals surface area contributed by atoms with E-state index < -0.39 is 30.1 Å². The molecule has 46 heavy (non-hydrogen) atoms. The number of hydrogen-bond donors (Lipinski definition) is 4. The first-order valence-electron chi connectivity index (χ1n) is 14.1. The number of methoxy groups -OCH3 is 2. The van der Waals surface area contributed by atoms with Gasteiger partial charge in [-0.05, 0) is 65.7 Å². The molecule has 0 radical (unpaired) electrons. The Morgan fingerprint density at radius 2 is 1.96 bits per heavy atom. The topological polar surface area (TPSA) is 202 Å². The zero-order chi connectivity index (χ0) is 32.6. The SMILES string of the molecule is COC(=O)Nc1ccc2c(c1)NC(C(=O)OC)CCCC[C@H](NC(=O)C=Cc1cc(Cl)ccc1-n1cnnn1)c1nc(C#N)c-2[nH]1. The fourth-order valence-electron chi connectivity index (χ4n) is 5.04. The average Bonchev–Trinajstić information content (AvgIpc) is 3.75. The number of nitriles is 1. The van der Waals surface area contributed by atoms with E-state index in [0.29, 0.717) is 70.4 Å². The summed E-state index contributed by atoms with van der Waals surface area (Å²) in [4.78, 5) is 45.6. The lowest BCUT2D eigenvalue weighted by Gasteiger charge is -2.22. The lowest BCUT2D eigenvalue weighted by Crippen LogP contribution is -2.31. The molecule has 1 aliphatic rings. The van der Waals surface area contributed by atoms with E-state index in [9.17, 15) is 19.6 Å². The largest absolute Gasteiger partial charge is 0.467 e. The summed E-state index contributed by atoms with van der Waals surface area (Å²) >= 11 is 6.21. The zero-order valence-corrected chi connectivity index (χ0v) is 25.5. The van der Waals surface area contributed by atoms with E-state index in [1.807, 2.05) is 0 Å². The minimum Gasteiger partial charge on any atom is -0.467 e. The number of carbonyl (C=O) groups is 3. The fourth-order valence-corrected chi connectivity index (χ4v) is 5.22. The Hall–Kier alpha value is -5.75. The van der Waals surface area contributed by atoms with Crippen LogP contribution in [0.25, 0.3) is 23.0 Å². The highest BCUT2D eigenvalue weighted by molar-refractivity contribution is 6.30. The summed E-state index contributed by atoms with van der Waals surface area (Å²) in [5.41, 5.74) is 3.04. The highest BCUT2D eigenvalue weighted by Crippen LogP contribution is 2.35. The molecule has 2 amide bonds. The predicted molar refractivity (Wildman–Crippen MR) is 167 cm³/mol. The highest BCUT2D eigenvalue weighted by Gasteiger charge is 2.26. The summed E-state index contributed by atoms with van der Waals surface area (Å²) in [5, 5.41) is 30.5. The van der Waals surface area contributed by atoms with Gasteiger partial charge in [0.2, 0.25) is 5.91 Å². The number of imidazole rings is 1. The molecule has 5 rings (SSSR count). The van der Waals surface area contributed by atoms with Gasteiger partial charge in [0, 0.05) is 33.6 Å². The van der Waals surface area contributed by atoms with Gasteiger partial charge in [0.15, 0.2) is 5.69 Å². The van der Waals surface area contributed by atoms with E-state index in [2.05, 4.69) is 47.5 Å². The predicted octanol–water partition coefficient (Wildman–Crippen LogP) is 4.15. The van der Waals surface area contributed by atoms with Crippen LogP contribution in [0, 0.1) is 11.3 Å². The summed E-state index contributed by atoms with van der Waals surface area (Å²) in [6.45, 7) is 0. The summed E-state index contributed by atoms with van der Waals surface area (Å²) < 4.78 is 11.2. The summed E-state index contributed by atoms with van der Waals surface area (Å²) in [6, 6.07) is 10.8. The van der Waals surface area contributed by atoms with Crippen LogP contribution in [-0.2, 0) is 19.1 Å². The van der Waals surface area contributed by atoms with E-state index >= 15 is 0 Å². The zero-order valence-electron chi connectivity index (χ0n) is 24.8. The Bertz CT molecular complexity index is 1810. The number of amides is 2. The van der Waals surface area contributed by atoms with Gasteiger partial charge in [-0.2, -0.15) is 9.94 Å². The van der Waals surface area contributed by atoms with E-state index in [-0.39, 0.29) is 5.69 Å². The monoisotopic (exact) mass is 644 g/mol. The molecule has 0 fully saturated rings. The van der Waals surface area contributed by atoms with Crippen molar-refractivity contribution in [1.29, 1.82) is 5.26 Å². The maximum Gasteiger partial charge on any atom is 0.411 e. The van der Waals surface area contributed by atoms with Gasteiger partial charge in [0.1, 0.15) is 24.3 Å². The van der Waals surface area contributed by atoms with Crippen molar-refractivity contribution in [2.24, 2.45) is 0 Å². The molecule has 2 aromatic carbocycles. The molecular weight excluding hydrogens is 616 g/mol. The Balaban J connectivity index is 1.48. The van der Waals surface area contributed by atoms with Crippen LogP contribution in [0.1, 0.15) is 48.8 Å². The molecule has 16 heteroatoms. The number of fused-ring (bicyclic) bond motifs is 4. The van der Waals surface area contributed by atoms with Crippen molar-refractivity contribution in [2.45, 2.75) is 37.8 Å². The number of nitrogens with zero attached hydrogens (tertiary/aromatic N) is 6. The van der Waals surface area contributed by atoms with Crippen molar-refractivity contribution in [1.82, 2.24) is 35.5 Å². The maximum absolute atomic E-state index is 13.2. The van der Waals surface area contributed by atoms with Gasteiger partial charge in [-0.15, -0.1) is 5.10 Å². The average molecular weight is 645 g/mol. The van der Waals surface area contributed by atoms with Gasteiger partial charge in [0.25, 0.3) is 0 Å². The number of H-pyrrole nitrogens is 1. The third kappa shape index (κ3) is 7.30. The molecule has 4 aromatic rings. The van der Waals surface area contributed by atoms with Crippen LogP contribution in [-0.4, -0.2) is 68.4 Å². The number of carbonyl (C=O) groups excluding carboxylic acids is 3. The summed E-state index contributed by atoms with van der Waals surface area (Å²) in [6.07, 6.45) is 5.82. The Labute approximate surface area is 267 Å². The maximum atomic E-state index is 13.2. The first-order chi connectivity index (χ1) is 22.3. The summed E-state index contributed by atoms with van der Waals surface area (Å²) in [5.74, 6) is -0.500. The molecule has 0 saturated heterocycles. The Kier molecular flexibility index (Phi) is 9.88. The van der Waals surface area contributed by atoms with Gasteiger partial charge in [-0.1, -0.05) is 24.4 Å². The molecule has 2 aromatic heterocycles. The molecule has 0 aliphatic carbocycles. The molecule has 3 heterocycles. The molecule has 0 saturated carbocycles. The molecular formula is C30H29ClN10O5. The number of aromatic nitrogens is 6. The number of halogens is 1. The van der Waals surface area contributed by atoms with Crippen LogP contribution in [0.15, 0.2) is 48.8 Å². The fraction of sp³-hybridized carbons (Fsp3) is 0.267. The van der Waals surface area contributed by atoms with Gasteiger partial charge in [-0.25, -0.2) is 14.6 Å². The van der Waals surface area contributed by atoms with Gasteiger partial charge in [0.05, 0.1) is 31.6 Å². The number of esters is 1. The normalized spacial score (nSPS) is 16.1. The second kappa shape index (κ2) is 14.4. The van der Waals surface area contributed by atoms with Crippen LogP contribution >= 0.6 is 11.6 Å². The molecule has 2 atom stereocenters. The number of anilines is 2. The number of aromatic amines is 1. The minimum absolute atomic E-state index is 0.0837. The lowest BCUT2D eigenvalue weighted by molar-refractivity contribution is -0.141. The Morgan fingerprint density at radius 3 is 2.70 bits per heavy atom. The first kappa shape index (κ1) is 31.7. The number of hydrogen-bond acceptors (Lipinski definition) is 11. The summed E-state index contributed by atoms with van der Waals surface area (Å²) in [7, 11) is 2.55. The number of benzene rings is 2. The van der Waals surface area contributed by atoms with Crippen molar-refractivity contribution in [3.8, 4) is 23.0 Å². The second-order valence-corrected chi connectivity index (χ2v) is 10.6. The highest BCUT2D eigenvalue weighted by atomic mass is 35.5. The molecule has 4 N–H and O–H groups in total. The number of rotatable bonds is 6. The number of ether oxygens (including phenoxy) is 2.